The second-order valence-electron chi connectivity index (χ2n) is 4.28. The molecule has 9 nitrogen and oxygen atoms in total. The van der Waals surface area contributed by atoms with Crippen LogP contribution < -0.4 is 0 Å². The van der Waals surface area contributed by atoms with Gasteiger partial charge in [-0.15, -0.1) is 16.4 Å². The van der Waals surface area contributed by atoms with E-state index in [1.807, 2.05) is 12.3 Å². The van der Waals surface area contributed by atoms with Crippen molar-refractivity contribution in [1.29, 1.82) is 0 Å². The molecule has 0 amide bonds. The van der Waals surface area contributed by atoms with Gasteiger partial charge in [-0.05, 0) is 11.8 Å². The Labute approximate surface area is 117 Å². The lowest BCUT2D eigenvalue weighted by Crippen LogP contribution is -2.22. The molecule has 1 aliphatic rings. The zero-order valence-corrected chi connectivity index (χ0v) is 11.4. The van der Waals surface area contributed by atoms with E-state index in [1.165, 1.54) is 16.1 Å². The van der Waals surface area contributed by atoms with Crippen LogP contribution >= 0.6 is 11.3 Å². The van der Waals surface area contributed by atoms with Crippen molar-refractivity contribution >= 4 is 17.2 Å². The van der Waals surface area contributed by atoms with Crippen molar-refractivity contribution in [1.82, 2.24) is 20.0 Å². The van der Waals surface area contributed by atoms with E-state index in [2.05, 4.69) is 15.2 Å². The first-order valence-corrected chi connectivity index (χ1v) is 6.72. The molecule has 0 bridgehead atoms. The first kappa shape index (κ1) is 13.1. The van der Waals surface area contributed by atoms with Crippen LogP contribution in [0.4, 0.5) is 5.82 Å². The van der Waals surface area contributed by atoms with Crippen molar-refractivity contribution in [3.8, 4) is 0 Å². The standard InChI is InChI=1S/C10H11N5O4S/c1-10(18-2-3-19-10)9-12-7(6-20-9)5-14-11-4-8(13-14)15(16)17/h4,6H,2-3,5H2,1H3. The van der Waals surface area contributed by atoms with Crippen molar-refractivity contribution in [2.24, 2.45) is 0 Å². The van der Waals surface area contributed by atoms with Crippen LogP contribution in [0.1, 0.15) is 17.6 Å². The summed E-state index contributed by atoms with van der Waals surface area (Å²) in [6.45, 7) is 3.16. The van der Waals surface area contributed by atoms with Crippen molar-refractivity contribution in [3.05, 3.63) is 32.4 Å². The topological polar surface area (TPSA) is 105 Å². The quantitative estimate of drug-likeness (QED) is 0.610. The lowest BCUT2D eigenvalue weighted by Gasteiger charge is -2.18. The average Bonchev–Trinajstić information content (AvgIpc) is 3.10. The minimum Gasteiger partial charge on any atom is -0.358 e. The molecule has 2 aromatic heterocycles. The van der Waals surface area contributed by atoms with Gasteiger partial charge < -0.3 is 19.6 Å². The van der Waals surface area contributed by atoms with Crippen LogP contribution in [0.3, 0.4) is 0 Å². The van der Waals surface area contributed by atoms with E-state index in [4.69, 9.17) is 9.47 Å². The van der Waals surface area contributed by atoms with Gasteiger partial charge in [-0.2, -0.15) is 0 Å². The van der Waals surface area contributed by atoms with Crippen molar-refractivity contribution in [3.63, 3.8) is 0 Å². The Morgan fingerprint density at radius 1 is 1.55 bits per heavy atom. The third kappa shape index (κ3) is 2.40. The molecule has 10 heteroatoms. The number of nitrogens with zero attached hydrogens (tertiary/aromatic N) is 5. The smallest absolute Gasteiger partial charge is 0.358 e. The summed E-state index contributed by atoms with van der Waals surface area (Å²) >= 11 is 1.41. The maximum Gasteiger partial charge on any atom is 0.410 e. The highest BCUT2D eigenvalue weighted by Crippen LogP contribution is 2.32. The van der Waals surface area contributed by atoms with E-state index in [0.717, 1.165) is 6.20 Å². The Morgan fingerprint density at radius 3 is 2.95 bits per heavy atom. The monoisotopic (exact) mass is 297 g/mol. The van der Waals surface area contributed by atoms with Gasteiger partial charge >= 0.3 is 5.82 Å². The molecule has 2 aromatic rings. The summed E-state index contributed by atoms with van der Waals surface area (Å²) in [5, 5.41) is 20.6. The lowest BCUT2D eigenvalue weighted by molar-refractivity contribution is -0.389. The van der Waals surface area contributed by atoms with Gasteiger partial charge in [-0.3, -0.25) is 0 Å². The summed E-state index contributed by atoms with van der Waals surface area (Å²) in [7, 11) is 0. The highest BCUT2D eigenvalue weighted by atomic mass is 32.1. The number of nitro groups is 1. The molecule has 1 fully saturated rings. The maximum atomic E-state index is 10.5. The molecule has 0 aromatic carbocycles. The summed E-state index contributed by atoms with van der Waals surface area (Å²) in [6.07, 6.45) is 1.11. The Bertz CT molecular complexity index is 633. The summed E-state index contributed by atoms with van der Waals surface area (Å²) in [4.78, 5) is 15.6. The minimum absolute atomic E-state index is 0.264. The number of hydrogen-bond donors (Lipinski definition) is 0. The maximum absolute atomic E-state index is 10.5. The fourth-order valence-corrected chi connectivity index (χ4v) is 2.70. The molecule has 1 aliphatic heterocycles. The zero-order chi connectivity index (χ0) is 14.2. The molecule has 106 valence electrons. The second-order valence-corrected chi connectivity index (χ2v) is 5.14. The van der Waals surface area contributed by atoms with E-state index in [9.17, 15) is 10.1 Å². The van der Waals surface area contributed by atoms with Crippen LogP contribution in [-0.2, 0) is 21.8 Å². The van der Waals surface area contributed by atoms with Gasteiger partial charge in [-0.1, -0.05) is 4.80 Å². The summed E-state index contributed by atoms with van der Waals surface area (Å²) < 4.78 is 11.0. The van der Waals surface area contributed by atoms with Crippen LogP contribution in [0.15, 0.2) is 11.6 Å². The molecule has 3 heterocycles. The van der Waals surface area contributed by atoms with Gasteiger partial charge in [0.25, 0.3) is 0 Å². The number of thiazole rings is 1. The fraction of sp³-hybridized carbons (Fsp3) is 0.500. The molecule has 0 atom stereocenters. The molecule has 20 heavy (non-hydrogen) atoms. The predicted molar refractivity (Wildman–Crippen MR) is 67.1 cm³/mol. The van der Waals surface area contributed by atoms with Crippen molar-refractivity contribution in [2.45, 2.75) is 19.3 Å². The summed E-state index contributed by atoms with van der Waals surface area (Å²) in [5.41, 5.74) is 0.704. The van der Waals surface area contributed by atoms with E-state index in [-0.39, 0.29) is 12.4 Å². The molecule has 0 N–H and O–H groups in total. The molecule has 0 saturated carbocycles. The molecule has 1 saturated heterocycles. The van der Waals surface area contributed by atoms with Gasteiger partial charge in [0.15, 0.2) is 11.2 Å². The summed E-state index contributed by atoms with van der Waals surface area (Å²) in [6, 6.07) is 0. The Hall–Kier alpha value is -1.91. The Morgan fingerprint density at radius 2 is 2.30 bits per heavy atom. The number of aromatic nitrogens is 4. The first-order chi connectivity index (χ1) is 9.57. The highest BCUT2D eigenvalue weighted by molar-refractivity contribution is 7.09. The Balaban J connectivity index is 1.75. The minimum atomic E-state index is -0.799. The zero-order valence-electron chi connectivity index (χ0n) is 10.6. The van der Waals surface area contributed by atoms with Crippen LogP contribution in [-0.4, -0.2) is 38.1 Å². The summed E-state index contributed by atoms with van der Waals surface area (Å²) in [5.74, 6) is -1.08. The molecule has 0 unspecified atom stereocenters. The Kier molecular flexibility index (Phi) is 3.20. The van der Waals surface area contributed by atoms with E-state index < -0.39 is 10.7 Å². The molecular weight excluding hydrogens is 286 g/mol. The van der Waals surface area contributed by atoms with E-state index in [1.54, 1.807) is 0 Å². The molecule has 0 spiro atoms. The number of ether oxygens (including phenoxy) is 2. The van der Waals surface area contributed by atoms with Gasteiger partial charge in [0.05, 0.1) is 24.0 Å². The van der Waals surface area contributed by atoms with Gasteiger partial charge in [0, 0.05) is 5.38 Å². The molecule has 0 aliphatic carbocycles. The average molecular weight is 297 g/mol. The third-order valence-corrected chi connectivity index (χ3v) is 3.87. The largest absolute Gasteiger partial charge is 0.410 e. The highest BCUT2D eigenvalue weighted by Gasteiger charge is 2.36. The molecule has 3 rings (SSSR count). The van der Waals surface area contributed by atoms with Crippen molar-refractivity contribution < 1.29 is 14.4 Å². The lowest BCUT2D eigenvalue weighted by atomic mass is 10.3. The van der Waals surface area contributed by atoms with Gasteiger partial charge in [0.1, 0.15) is 6.54 Å². The second kappa shape index (κ2) is 4.89. The normalized spacial score (nSPS) is 17.4. The molecule has 0 radical (unpaired) electrons. The van der Waals surface area contributed by atoms with E-state index >= 15 is 0 Å². The first-order valence-electron chi connectivity index (χ1n) is 5.84. The van der Waals surface area contributed by atoms with Crippen LogP contribution in [0, 0.1) is 10.1 Å². The van der Waals surface area contributed by atoms with Gasteiger partial charge in [-0.25, -0.2) is 4.98 Å². The van der Waals surface area contributed by atoms with E-state index in [0.29, 0.717) is 23.9 Å². The molecular formula is C10H11N5O4S. The number of rotatable bonds is 4. The number of hydrogen-bond acceptors (Lipinski definition) is 8. The van der Waals surface area contributed by atoms with Crippen LogP contribution in [0.25, 0.3) is 0 Å². The van der Waals surface area contributed by atoms with Crippen LogP contribution in [0.5, 0.6) is 0 Å². The van der Waals surface area contributed by atoms with Crippen molar-refractivity contribution in [2.75, 3.05) is 13.2 Å². The fourth-order valence-electron chi connectivity index (χ4n) is 1.82. The predicted octanol–water partition coefficient (Wildman–Crippen LogP) is 0.911. The van der Waals surface area contributed by atoms with Crippen LogP contribution in [0.2, 0.25) is 0 Å². The SMILES string of the molecule is CC1(c2nc(Cn3ncc([N+](=O)[O-])n3)cs2)OCCO1. The third-order valence-electron chi connectivity index (χ3n) is 2.79. The van der Waals surface area contributed by atoms with Gasteiger partial charge in [0.2, 0.25) is 5.79 Å².